The summed E-state index contributed by atoms with van der Waals surface area (Å²) < 4.78 is 72.5. The SMILES string of the molecule is COc1ccc(CN(C)C(=O)CNc2cccc(C(F)(F)F)c2)cc1OC(F)F. The van der Waals surface area contributed by atoms with E-state index in [1.54, 1.807) is 6.07 Å². The van der Waals surface area contributed by atoms with Crippen molar-refractivity contribution in [1.82, 2.24) is 4.90 Å². The van der Waals surface area contributed by atoms with Crippen LogP contribution in [-0.2, 0) is 17.5 Å². The minimum absolute atomic E-state index is 0.0761. The lowest BCUT2D eigenvalue weighted by Gasteiger charge is -2.19. The number of hydrogen-bond donors (Lipinski definition) is 1. The van der Waals surface area contributed by atoms with E-state index in [1.165, 1.54) is 43.3 Å². The van der Waals surface area contributed by atoms with Crippen LogP contribution in [0, 0.1) is 0 Å². The molecule has 0 aliphatic rings. The Labute approximate surface area is 164 Å². The lowest BCUT2D eigenvalue weighted by atomic mass is 10.2. The summed E-state index contributed by atoms with van der Waals surface area (Å²) in [5, 5.41) is 2.64. The van der Waals surface area contributed by atoms with Crippen LogP contribution in [0.1, 0.15) is 11.1 Å². The normalized spacial score (nSPS) is 11.3. The van der Waals surface area contributed by atoms with Crippen molar-refractivity contribution in [3.05, 3.63) is 53.6 Å². The van der Waals surface area contributed by atoms with Crippen molar-refractivity contribution in [2.45, 2.75) is 19.3 Å². The van der Waals surface area contributed by atoms with Crippen molar-refractivity contribution in [3.8, 4) is 11.5 Å². The molecule has 2 aromatic rings. The van der Waals surface area contributed by atoms with Gasteiger partial charge in [-0.25, -0.2) is 0 Å². The maximum Gasteiger partial charge on any atom is 0.416 e. The molecule has 1 N–H and O–H groups in total. The molecule has 2 aromatic carbocycles. The number of carbonyl (C=O) groups is 1. The van der Waals surface area contributed by atoms with Crippen molar-refractivity contribution >= 4 is 11.6 Å². The van der Waals surface area contributed by atoms with E-state index in [4.69, 9.17) is 4.74 Å². The lowest BCUT2D eigenvalue weighted by Crippen LogP contribution is -2.31. The molecule has 5 nitrogen and oxygen atoms in total. The van der Waals surface area contributed by atoms with E-state index in [9.17, 15) is 26.7 Å². The van der Waals surface area contributed by atoms with E-state index < -0.39 is 24.3 Å². The average molecular weight is 418 g/mol. The van der Waals surface area contributed by atoms with Gasteiger partial charge in [0.25, 0.3) is 0 Å². The molecule has 10 heteroatoms. The number of rotatable bonds is 8. The summed E-state index contributed by atoms with van der Waals surface area (Å²) in [5.74, 6) is -0.452. The molecule has 0 aromatic heterocycles. The van der Waals surface area contributed by atoms with Crippen molar-refractivity contribution in [2.24, 2.45) is 0 Å². The van der Waals surface area contributed by atoms with Crippen LogP contribution in [0.25, 0.3) is 0 Å². The fraction of sp³-hybridized carbons (Fsp3) is 0.316. The molecule has 1 amide bonds. The van der Waals surface area contributed by atoms with Crippen LogP contribution in [0.4, 0.5) is 27.6 Å². The largest absolute Gasteiger partial charge is 0.493 e. The molecule has 0 bridgehead atoms. The number of halogens is 5. The van der Waals surface area contributed by atoms with Crippen LogP contribution in [0.5, 0.6) is 11.5 Å². The summed E-state index contributed by atoms with van der Waals surface area (Å²) in [7, 11) is 2.79. The second-order valence-electron chi connectivity index (χ2n) is 6.05. The quantitative estimate of drug-likeness (QED) is 0.647. The number of benzene rings is 2. The smallest absolute Gasteiger partial charge is 0.416 e. The molecule has 0 heterocycles. The van der Waals surface area contributed by atoms with Crippen LogP contribution in [-0.4, -0.2) is 38.1 Å². The number of alkyl halides is 5. The van der Waals surface area contributed by atoms with Gasteiger partial charge in [0, 0.05) is 19.3 Å². The Balaban J connectivity index is 1.99. The third-order valence-corrected chi connectivity index (χ3v) is 3.92. The van der Waals surface area contributed by atoms with Gasteiger partial charge < -0.3 is 19.7 Å². The molecule has 0 aliphatic carbocycles. The molecule has 0 spiro atoms. The van der Waals surface area contributed by atoms with Gasteiger partial charge in [0.2, 0.25) is 5.91 Å². The summed E-state index contributed by atoms with van der Waals surface area (Å²) in [6.45, 7) is -3.20. The molecular formula is C19H19F5N2O3. The first kappa shape index (κ1) is 22.3. The zero-order valence-electron chi connectivity index (χ0n) is 15.6. The molecule has 0 fully saturated rings. The summed E-state index contributed by atoms with van der Waals surface area (Å²) in [6, 6.07) is 8.84. The van der Waals surface area contributed by atoms with Crippen molar-refractivity contribution in [2.75, 3.05) is 26.0 Å². The Bertz CT molecular complexity index is 843. The van der Waals surface area contributed by atoms with Crippen LogP contribution in [0.2, 0.25) is 0 Å². The highest BCUT2D eigenvalue weighted by molar-refractivity contribution is 5.80. The minimum Gasteiger partial charge on any atom is -0.493 e. The van der Waals surface area contributed by atoms with Gasteiger partial charge in [-0.1, -0.05) is 12.1 Å². The van der Waals surface area contributed by atoms with E-state index in [0.29, 0.717) is 5.56 Å². The maximum atomic E-state index is 12.7. The highest BCUT2D eigenvalue weighted by atomic mass is 19.4. The first-order chi connectivity index (χ1) is 13.6. The van der Waals surface area contributed by atoms with Crippen LogP contribution >= 0.6 is 0 Å². The molecule has 0 saturated carbocycles. The molecule has 0 unspecified atom stereocenters. The fourth-order valence-corrected chi connectivity index (χ4v) is 2.49. The Morgan fingerprint density at radius 3 is 2.48 bits per heavy atom. The van der Waals surface area contributed by atoms with Gasteiger partial charge in [0.1, 0.15) is 0 Å². The van der Waals surface area contributed by atoms with Gasteiger partial charge in [-0.3, -0.25) is 4.79 Å². The predicted octanol–water partition coefficient (Wildman–Crippen LogP) is 4.39. The van der Waals surface area contributed by atoms with Crippen LogP contribution < -0.4 is 14.8 Å². The van der Waals surface area contributed by atoms with E-state index in [2.05, 4.69) is 10.1 Å². The Morgan fingerprint density at radius 2 is 1.86 bits per heavy atom. The Hall–Kier alpha value is -3.04. The maximum absolute atomic E-state index is 12.7. The predicted molar refractivity (Wildman–Crippen MR) is 96.0 cm³/mol. The lowest BCUT2D eigenvalue weighted by molar-refractivity contribution is -0.137. The van der Waals surface area contributed by atoms with E-state index in [1.807, 2.05) is 0 Å². The topological polar surface area (TPSA) is 50.8 Å². The van der Waals surface area contributed by atoms with E-state index >= 15 is 0 Å². The third kappa shape index (κ3) is 6.51. The number of methoxy groups -OCH3 is 1. The summed E-state index contributed by atoms with van der Waals surface area (Å²) in [6.07, 6.45) is -4.48. The molecule has 0 aliphatic heterocycles. The first-order valence-electron chi connectivity index (χ1n) is 8.37. The Kier molecular flexibility index (Phi) is 7.24. The molecular weight excluding hydrogens is 399 g/mol. The number of ether oxygens (including phenoxy) is 2. The molecule has 158 valence electrons. The van der Waals surface area contributed by atoms with Crippen molar-refractivity contribution in [3.63, 3.8) is 0 Å². The fourth-order valence-electron chi connectivity index (χ4n) is 2.49. The second kappa shape index (κ2) is 9.44. The number of carbonyl (C=O) groups excluding carboxylic acids is 1. The summed E-state index contributed by atoms with van der Waals surface area (Å²) in [5.41, 5.74) is -0.164. The zero-order valence-corrected chi connectivity index (χ0v) is 15.6. The zero-order chi connectivity index (χ0) is 21.6. The number of hydrogen-bond acceptors (Lipinski definition) is 4. The van der Waals surface area contributed by atoms with Crippen molar-refractivity contribution in [1.29, 1.82) is 0 Å². The van der Waals surface area contributed by atoms with Crippen LogP contribution in [0.15, 0.2) is 42.5 Å². The standard InChI is InChI=1S/C19H19F5N2O3/c1-26(11-12-6-7-15(28-2)16(8-12)29-18(20)21)17(27)10-25-14-5-3-4-13(9-14)19(22,23)24/h3-9,18,25H,10-11H2,1-2H3. The number of nitrogens with one attached hydrogen (secondary N) is 1. The van der Waals surface area contributed by atoms with Crippen LogP contribution in [0.3, 0.4) is 0 Å². The molecule has 29 heavy (non-hydrogen) atoms. The summed E-state index contributed by atoms with van der Waals surface area (Å²) in [4.78, 5) is 13.6. The molecule has 0 atom stereocenters. The highest BCUT2D eigenvalue weighted by Crippen LogP contribution is 2.31. The highest BCUT2D eigenvalue weighted by Gasteiger charge is 2.30. The van der Waals surface area contributed by atoms with Gasteiger partial charge in [0.05, 0.1) is 19.2 Å². The second-order valence-corrected chi connectivity index (χ2v) is 6.05. The number of amides is 1. The minimum atomic E-state index is -4.48. The molecule has 2 rings (SSSR count). The average Bonchev–Trinajstić information content (AvgIpc) is 2.65. The number of anilines is 1. The van der Waals surface area contributed by atoms with E-state index in [-0.39, 0.29) is 30.3 Å². The Morgan fingerprint density at radius 1 is 1.14 bits per heavy atom. The number of likely N-dealkylation sites (N-methyl/N-ethyl adjacent to an activating group) is 1. The third-order valence-electron chi connectivity index (χ3n) is 3.92. The van der Waals surface area contributed by atoms with Gasteiger partial charge >= 0.3 is 12.8 Å². The summed E-state index contributed by atoms with van der Waals surface area (Å²) >= 11 is 0. The van der Waals surface area contributed by atoms with Gasteiger partial charge in [0.15, 0.2) is 11.5 Å². The number of nitrogens with zero attached hydrogens (tertiary/aromatic N) is 1. The van der Waals surface area contributed by atoms with E-state index in [0.717, 1.165) is 12.1 Å². The molecule has 0 radical (unpaired) electrons. The van der Waals surface area contributed by atoms with Crippen molar-refractivity contribution < 1.29 is 36.2 Å². The van der Waals surface area contributed by atoms with Gasteiger partial charge in [-0.15, -0.1) is 0 Å². The molecule has 0 saturated heterocycles. The monoisotopic (exact) mass is 418 g/mol. The van der Waals surface area contributed by atoms with Gasteiger partial charge in [-0.05, 0) is 35.9 Å². The first-order valence-corrected chi connectivity index (χ1v) is 8.37. The van der Waals surface area contributed by atoms with Gasteiger partial charge in [-0.2, -0.15) is 22.0 Å².